The number of phenolic OH excluding ortho intramolecular Hbond substituents is 1. The number of nitrogens with zero attached hydrogens (tertiary/aromatic N) is 19. The summed E-state index contributed by atoms with van der Waals surface area (Å²) in [6.45, 7) is 51.2. The maximum Gasteiger partial charge on any atom is 0.302 e. The second kappa shape index (κ2) is 46.6. The Morgan fingerprint density at radius 2 is 0.748 bits per heavy atom. The van der Waals surface area contributed by atoms with Crippen LogP contribution in [0.4, 0.5) is 52.8 Å². The van der Waals surface area contributed by atoms with Gasteiger partial charge in [-0.05, 0) is 107 Å². The zero-order valence-electron chi connectivity index (χ0n) is 72.9. The fourth-order valence-corrected chi connectivity index (χ4v) is 24.2. The van der Waals surface area contributed by atoms with E-state index in [9.17, 15) is 14.3 Å². The van der Waals surface area contributed by atoms with Crippen LogP contribution < -0.4 is 19.6 Å². The number of aromatic hydroxyl groups is 1. The number of H-pyrrole nitrogens is 5. The number of carbonyl (C=O) groups excluding carboxylic acids is 1. The van der Waals surface area contributed by atoms with Crippen LogP contribution in [0.25, 0.3) is 139 Å². The van der Waals surface area contributed by atoms with Crippen LogP contribution in [0.2, 0.25) is 45.2 Å². The van der Waals surface area contributed by atoms with E-state index in [1.165, 1.54) is 101 Å². The van der Waals surface area contributed by atoms with Gasteiger partial charge in [-0.15, -0.1) is 56.7 Å². The maximum absolute atomic E-state index is 13.2. The fraction of sp³-hybridized carbons (Fsp3) is 0.261. The molecule has 139 heavy (non-hydrogen) atoms. The number of nitrogens with one attached hydrogen (secondary N) is 5. The largest absolute Gasteiger partial charge is 0.508 e. The van der Waals surface area contributed by atoms with Crippen LogP contribution in [0.1, 0.15) is 31.6 Å². The Balaban J connectivity index is 0.000000126. The van der Waals surface area contributed by atoms with Gasteiger partial charge in [0, 0.05) is 132 Å². The molecule has 1 unspecified atom stereocenters. The van der Waals surface area contributed by atoms with E-state index in [0.717, 1.165) is 116 Å². The van der Waals surface area contributed by atoms with Crippen molar-refractivity contribution in [2.45, 2.75) is 45.0 Å². The normalized spacial score (nSPS) is 15.8. The van der Waals surface area contributed by atoms with Gasteiger partial charge in [0.25, 0.3) is 0 Å². The molecule has 5 aliphatic rings. The van der Waals surface area contributed by atoms with Crippen LogP contribution in [0.5, 0.6) is 5.75 Å². The number of phenols is 1. The molecule has 32 nitrogen and oxygen atoms in total. The lowest BCUT2D eigenvalue weighted by Gasteiger charge is -2.33. The van der Waals surface area contributed by atoms with Crippen molar-refractivity contribution in [2.24, 2.45) is 0 Å². The molecule has 4 saturated heterocycles. The lowest BCUT2D eigenvalue weighted by molar-refractivity contribution is -0.145. The summed E-state index contributed by atoms with van der Waals surface area (Å²) in [5, 5.41) is 51.5. The summed E-state index contributed by atoms with van der Waals surface area (Å²) in [5.74, 6) is 2.61. The predicted octanol–water partition coefficient (Wildman–Crippen LogP) is 25.5. The van der Waals surface area contributed by atoms with Gasteiger partial charge < -0.3 is 53.1 Å². The van der Waals surface area contributed by atoms with E-state index < -0.39 is 12.8 Å². The first-order valence-corrected chi connectivity index (χ1v) is 49.8. The van der Waals surface area contributed by atoms with Crippen LogP contribution in [-0.2, 0) is 33.2 Å². The number of aromatic nitrogens is 15. The lowest BCUT2D eigenvalue weighted by Crippen LogP contribution is -2.44. The molecule has 0 amide bonds. The lowest BCUT2D eigenvalue weighted by atomic mass is 10.0. The van der Waals surface area contributed by atoms with Gasteiger partial charge in [0.05, 0.1) is 135 Å². The average molecular weight is 2140 g/mol. The molecular formula is C92H74Cl9FN24O8S5. The second-order valence-corrected chi connectivity index (χ2v) is 39.3. The third kappa shape index (κ3) is 22.7. The number of hydrogen-bond donors (Lipinski definition) is 6. The Morgan fingerprint density at radius 3 is 1.07 bits per heavy atom. The Morgan fingerprint density at radius 1 is 0.424 bits per heavy atom. The molecule has 3 atom stereocenters. The molecule has 0 bridgehead atoms. The van der Waals surface area contributed by atoms with E-state index in [0.29, 0.717) is 209 Å². The molecule has 0 spiro atoms. The number of morpholine rings is 4. The minimum atomic E-state index is -0.569. The van der Waals surface area contributed by atoms with E-state index in [2.05, 4.69) is 122 Å². The van der Waals surface area contributed by atoms with Crippen molar-refractivity contribution in [3.05, 3.63) is 236 Å². The first-order valence-electron chi connectivity index (χ1n) is 42.3. The molecule has 20 rings (SSSR count). The van der Waals surface area contributed by atoms with Gasteiger partial charge in [-0.2, -0.15) is 25.5 Å². The van der Waals surface area contributed by atoms with Crippen molar-refractivity contribution in [1.29, 1.82) is 0 Å². The van der Waals surface area contributed by atoms with Crippen molar-refractivity contribution in [1.82, 2.24) is 75.9 Å². The predicted molar refractivity (Wildman–Crippen MR) is 549 cm³/mol. The summed E-state index contributed by atoms with van der Waals surface area (Å²) < 4.78 is 46.0. The number of hydrogen-bond acceptors (Lipinski definition) is 27. The van der Waals surface area contributed by atoms with Gasteiger partial charge in [0.15, 0.2) is 29.1 Å². The highest BCUT2D eigenvalue weighted by molar-refractivity contribution is 7.22. The monoisotopic (exact) mass is 2140 g/mol. The van der Waals surface area contributed by atoms with Crippen molar-refractivity contribution < 1.29 is 42.7 Å². The Hall–Kier alpha value is -11.7. The van der Waals surface area contributed by atoms with Crippen molar-refractivity contribution in [3.63, 3.8) is 0 Å². The molecule has 710 valence electrons. The van der Waals surface area contributed by atoms with E-state index in [-0.39, 0.29) is 30.5 Å². The molecule has 5 aliphatic heterocycles. The molecule has 15 aromatic rings. The first-order chi connectivity index (χ1) is 67.6. The number of aromatic amines is 5. The number of thiophene rings is 5. The summed E-state index contributed by atoms with van der Waals surface area (Å²) in [6, 6.07) is 25.7. The van der Waals surface area contributed by atoms with Crippen molar-refractivity contribution in [2.75, 3.05) is 131 Å². The Labute approximate surface area is 859 Å². The van der Waals surface area contributed by atoms with Crippen LogP contribution in [0.3, 0.4) is 0 Å². The minimum Gasteiger partial charge on any atom is -0.508 e. The molecule has 0 saturated carbocycles. The van der Waals surface area contributed by atoms with Gasteiger partial charge in [0.2, 0.25) is 28.4 Å². The summed E-state index contributed by atoms with van der Waals surface area (Å²) >= 11 is 63.9. The molecule has 0 radical (unpaired) electrons. The number of carbonyl (C=O) groups is 1. The van der Waals surface area contributed by atoms with Crippen molar-refractivity contribution in [3.8, 4) is 115 Å². The molecule has 15 heterocycles. The maximum atomic E-state index is 13.2. The molecule has 4 fully saturated rings. The number of rotatable bonds is 19. The quantitative estimate of drug-likeness (QED) is 0.0323. The van der Waals surface area contributed by atoms with E-state index in [4.69, 9.17) is 166 Å². The topological polar surface area (TPSA) is 335 Å². The van der Waals surface area contributed by atoms with Crippen molar-refractivity contribution >= 4 is 221 Å². The highest BCUT2D eigenvalue weighted by Gasteiger charge is 2.37. The minimum absolute atomic E-state index is 0.0768. The number of anilines is 4. The van der Waals surface area contributed by atoms with Gasteiger partial charge in [-0.1, -0.05) is 148 Å². The highest BCUT2D eigenvalue weighted by atomic mass is 35.5. The molecule has 10 aromatic heterocycles. The Bertz CT molecular complexity index is 7000. The molecular weight excluding hydrogens is 2070 g/mol. The van der Waals surface area contributed by atoms with Crippen LogP contribution >= 0.6 is 161 Å². The van der Waals surface area contributed by atoms with E-state index in [1.807, 2.05) is 23.1 Å². The second-order valence-electron chi connectivity index (χ2n) is 30.5. The molecule has 47 heteroatoms. The molecule has 0 aliphatic carbocycles. The standard InChI is InChI=1S/C20H17Cl2N5O3S.C19H17Cl2N5OS.C18H14Cl2FN5OS.C18H12Cl2N4OS.C17H14ClN5O2S/c1-11(28)30-9-13-8-27(5-6-29-13)20-17(23-2)16(14-4-3-12(21)7-15(14)22)18(31-20)19-24-10-25-26-19;1-3-12-9-26(6-7-27-12)19-16(22-2)15(13-5-4-11(20)8-14(13)21)17(28-19)18-23-10-24-25-18;1-22-15-14(12-3-2-10(19)6-13(12)20)16(17-23-9-24-25-17)28-18(15)26-4-5-27-11(7-21)8-26;1-21-15-14(12-3-2-11(19)8-13(12)20)17(18-22-9-23-24-18)26-16(15)10-4-6-25-7-5-10;1-19-14-13(11-3-2-10(24)8-12(11)18)15(16-20-9-21-22-16)26-17(14)23-4-6-25-7-5-23/h3-4,7,10,13H,5-6,8-9H2,1H3,(H,24,25,26);4-5,8,10,12H,3,6-7,9H2,1H3,(H,23,24,25);2-3,6,9,11H,4-5,7-8H2,(H,23,24,25);2-4,8-9H,5-7H2,(H,22,23,24);2-3,8-9,24H,4-7H2,(H,20,21,22)/t;12-;11-;;/m.11../s1. The number of esters is 1. The summed E-state index contributed by atoms with van der Waals surface area (Å²) in [5.41, 5.74) is 10.8. The fourth-order valence-electron chi connectivity index (χ4n) is 15.7. The number of alkyl halides is 1. The number of ether oxygens (including phenoxy) is 6. The summed E-state index contributed by atoms with van der Waals surface area (Å²) in [6.07, 6.45) is 10.3. The Kier molecular flexibility index (Phi) is 33.6. The summed E-state index contributed by atoms with van der Waals surface area (Å²) in [7, 11) is 0. The van der Waals surface area contributed by atoms with E-state index >= 15 is 0 Å². The van der Waals surface area contributed by atoms with Gasteiger partial charge in [-0.25, -0.2) is 53.5 Å². The summed E-state index contributed by atoms with van der Waals surface area (Å²) in [4.78, 5) is 65.1. The van der Waals surface area contributed by atoms with Crippen LogP contribution in [-0.4, -0.2) is 217 Å². The highest BCUT2D eigenvalue weighted by Crippen LogP contribution is 2.60. The van der Waals surface area contributed by atoms with Gasteiger partial charge in [-0.3, -0.25) is 30.3 Å². The molecule has 5 aromatic carbocycles. The number of halogens is 10. The molecule has 6 N–H and O–H groups in total. The first kappa shape index (κ1) is 100. The zero-order valence-corrected chi connectivity index (χ0v) is 83.8. The average Bonchev–Trinajstić information content (AvgIpc) is 1.62. The number of benzene rings is 5. The van der Waals surface area contributed by atoms with Crippen LogP contribution in [0, 0.1) is 32.9 Å². The smallest absolute Gasteiger partial charge is 0.302 e. The third-order valence-corrected chi connectivity index (χ3v) is 30.8. The third-order valence-electron chi connectivity index (χ3n) is 22.0. The SMILES string of the molecule is [C-]#[N+]c1c(C2=CCOCC2)sc(-c2ncn[nH]2)c1-c1ccc(Cl)cc1Cl.[C-]#[N+]c1c(N2CCOC(COC(C)=O)C2)sc(-c2ncn[nH]2)c1-c1ccc(Cl)cc1Cl.[C-]#[N+]c1c(N2CCOCC2)sc(-c2ncn[nH]2)c1-c1ccc(O)cc1Cl.[C-]#[N+]c1c(N2CCO[C@H](CC)C2)sc(-c2ncn[nH]2)c1-c1ccc(Cl)cc1Cl.[C-]#[N+]c1c(N2CCO[C@H](CF)C2)sc(-c2ncn[nH]2)c1-c1ccc(Cl)cc1Cl. The van der Waals surface area contributed by atoms with Gasteiger partial charge in [0.1, 0.15) is 62.9 Å². The van der Waals surface area contributed by atoms with E-state index in [1.54, 1.807) is 72.8 Å². The van der Waals surface area contributed by atoms with Crippen LogP contribution in [0.15, 0.2) is 129 Å². The zero-order chi connectivity index (χ0) is 97.5. The van der Waals surface area contributed by atoms with Gasteiger partial charge >= 0.3 is 5.97 Å².